The van der Waals surface area contributed by atoms with Crippen molar-refractivity contribution < 1.29 is 0 Å². The number of aromatic nitrogens is 2. The van der Waals surface area contributed by atoms with Gasteiger partial charge in [-0.05, 0) is 43.5 Å². The predicted molar refractivity (Wildman–Crippen MR) is 92.4 cm³/mol. The number of hydrogen-bond acceptors (Lipinski definition) is 4. The van der Waals surface area contributed by atoms with Gasteiger partial charge in [-0.15, -0.1) is 0 Å². The minimum Gasteiger partial charge on any atom is -0.370 e. The Morgan fingerprint density at radius 1 is 1.14 bits per heavy atom. The van der Waals surface area contributed by atoms with Gasteiger partial charge in [0, 0.05) is 22.3 Å². The van der Waals surface area contributed by atoms with E-state index in [4.69, 9.17) is 0 Å². The van der Waals surface area contributed by atoms with Gasteiger partial charge in [-0.25, -0.2) is 9.97 Å². The first-order chi connectivity index (χ1) is 10.2. The molecule has 0 radical (unpaired) electrons. The Bertz CT molecular complexity index is 613. The zero-order valence-electron chi connectivity index (χ0n) is 12.7. The molecule has 0 fully saturated rings. The van der Waals surface area contributed by atoms with Crippen LogP contribution in [0.25, 0.3) is 0 Å². The predicted octanol–water partition coefficient (Wildman–Crippen LogP) is 4.68. The maximum atomic E-state index is 4.37. The summed E-state index contributed by atoms with van der Waals surface area (Å²) in [5.41, 5.74) is 3.38. The van der Waals surface area contributed by atoms with Gasteiger partial charge in [0.15, 0.2) is 0 Å². The van der Waals surface area contributed by atoms with Gasteiger partial charge in [0.2, 0.25) is 0 Å². The zero-order valence-corrected chi connectivity index (χ0v) is 14.3. The van der Waals surface area contributed by atoms with Crippen molar-refractivity contribution in [1.82, 2.24) is 9.97 Å². The summed E-state index contributed by atoms with van der Waals surface area (Å²) in [6, 6.07) is 6.24. The first kappa shape index (κ1) is 15.8. The minimum absolute atomic E-state index is 0.848. The van der Waals surface area contributed by atoms with Crippen molar-refractivity contribution in [2.45, 2.75) is 33.6 Å². The fourth-order valence-corrected chi connectivity index (χ4v) is 2.51. The molecular weight excluding hydrogens is 328 g/mol. The first-order valence-electron chi connectivity index (χ1n) is 7.26. The highest BCUT2D eigenvalue weighted by Crippen LogP contribution is 2.27. The van der Waals surface area contributed by atoms with Crippen molar-refractivity contribution in [2.24, 2.45) is 0 Å². The van der Waals surface area contributed by atoms with Crippen molar-refractivity contribution in [3.05, 3.63) is 40.1 Å². The normalized spacial score (nSPS) is 10.5. The molecule has 2 aromatic rings. The number of anilines is 3. The maximum Gasteiger partial charge on any atom is 0.138 e. The SMILES string of the molecule is CCCNc1ncnc(Nc2ccc(Br)cc2CC)c1C. The van der Waals surface area contributed by atoms with Crippen LogP contribution in [0.3, 0.4) is 0 Å². The number of benzene rings is 1. The lowest BCUT2D eigenvalue weighted by Crippen LogP contribution is -2.07. The zero-order chi connectivity index (χ0) is 15.2. The Kier molecular flexibility index (Phi) is 5.56. The van der Waals surface area contributed by atoms with Crippen LogP contribution in [0.1, 0.15) is 31.4 Å². The molecule has 0 aliphatic carbocycles. The number of hydrogen-bond donors (Lipinski definition) is 2. The van der Waals surface area contributed by atoms with Crippen LogP contribution in [0, 0.1) is 6.92 Å². The second-order valence-corrected chi connectivity index (χ2v) is 5.82. The average Bonchev–Trinajstić information content (AvgIpc) is 2.49. The number of aryl methyl sites for hydroxylation is 1. The van der Waals surface area contributed by atoms with E-state index >= 15 is 0 Å². The molecular formula is C16H21BrN4. The molecule has 0 spiro atoms. The summed E-state index contributed by atoms with van der Waals surface area (Å²) >= 11 is 3.51. The summed E-state index contributed by atoms with van der Waals surface area (Å²) in [4.78, 5) is 8.67. The summed E-state index contributed by atoms with van der Waals surface area (Å²) in [6.45, 7) is 7.23. The molecule has 0 aliphatic rings. The average molecular weight is 349 g/mol. The van der Waals surface area contributed by atoms with E-state index in [-0.39, 0.29) is 0 Å². The summed E-state index contributed by atoms with van der Waals surface area (Å²) in [7, 11) is 0. The van der Waals surface area contributed by atoms with Crippen molar-refractivity contribution in [3.63, 3.8) is 0 Å². The highest BCUT2D eigenvalue weighted by atomic mass is 79.9. The molecule has 2 N–H and O–H groups in total. The Morgan fingerprint density at radius 3 is 2.62 bits per heavy atom. The third-order valence-electron chi connectivity index (χ3n) is 3.33. The molecule has 112 valence electrons. The third kappa shape index (κ3) is 3.94. The summed E-state index contributed by atoms with van der Waals surface area (Å²) < 4.78 is 1.09. The molecule has 2 rings (SSSR count). The van der Waals surface area contributed by atoms with E-state index in [9.17, 15) is 0 Å². The van der Waals surface area contributed by atoms with Gasteiger partial charge in [0.1, 0.15) is 18.0 Å². The Morgan fingerprint density at radius 2 is 1.90 bits per heavy atom. The molecule has 0 amide bonds. The number of halogens is 1. The summed E-state index contributed by atoms with van der Waals surface area (Å²) in [5.74, 6) is 1.74. The van der Waals surface area contributed by atoms with Crippen LogP contribution in [-0.4, -0.2) is 16.5 Å². The van der Waals surface area contributed by atoms with Crippen LogP contribution in [0.4, 0.5) is 17.3 Å². The molecule has 1 aromatic heterocycles. The molecule has 0 bridgehead atoms. The van der Waals surface area contributed by atoms with E-state index in [1.165, 1.54) is 5.56 Å². The summed E-state index contributed by atoms with van der Waals surface area (Å²) in [5, 5.41) is 6.75. The molecule has 1 heterocycles. The van der Waals surface area contributed by atoms with Crippen LogP contribution in [0.2, 0.25) is 0 Å². The second-order valence-electron chi connectivity index (χ2n) is 4.90. The lowest BCUT2D eigenvalue weighted by Gasteiger charge is -2.14. The molecule has 0 unspecified atom stereocenters. The molecule has 5 heteroatoms. The van der Waals surface area contributed by atoms with E-state index in [0.717, 1.165) is 46.7 Å². The molecule has 1 aromatic carbocycles. The topological polar surface area (TPSA) is 49.8 Å². The molecule has 0 saturated heterocycles. The fourth-order valence-electron chi connectivity index (χ4n) is 2.10. The smallest absolute Gasteiger partial charge is 0.138 e. The van der Waals surface area contributed by atoms with Crippen LogP contribution in [0.5, 0.6) is 0 Å². The highest BCUT2D eigenvalue weighted by Gasteiger charge is 2.09. The van der Waals surface area contributed by atoms with Crippen molar-refractivity contribution in [1.29, 1.82) is 0 Å². The van der Waals surface area contributed by atoms with Gasteiger partial charge in [-0.3, -0.25) is 0 Å². The van der Waals surface area contributed by atoms with Gasteiger partial charge in [-0.2, -0.15) is 0 Å². The Labute approximate surface area is 134 Å². The van der Waals surface area contributed by atoms with Gasteiger partial charge in [0.25, 0.3) is 0 Å². The lowest BCUT2D eigenvalue weighted by atomic mass is 10.1. The van der Waals surface area contributed by atoms with Crippen molar-refractivity contribution >= 4 is 33.3 Å². The third-order valence-corrected chi connectivity index (χ3v) is 3.82. The van der Waals surface area contributed by atoms with Gasteiger partial charge >= 0.3 is 0 Å². The van der Waals surface area contributed by atoms with E-state index in [0.29, 0.717) is 0 Å². The Balaban J connectivity index is 2.27. The van der Waals surface area contributed by atoms with E-state index in [1.54, 1.807) is 6.33 Å². The maximum absolute atomic E-state index is 4.37. The molecule has 0 aliphatic heterocycles. The molecule has 0 atom stereocenters. The van der Waals surface area contributed by atoms with Crippen LogP contribution in [-0.2, 0) is 6.42 Å². The molecule has 21 heavy (non-hydrogen) atoms. The van der Waals surface area contributed by atoms with Crippen molar-refractivity contribution in [3.8, 4) is 0 Å². The monoisotopic (exact) mass is 348 g/mol. The second kappa shape index (κ2) is 7.41. The van der Waals surface area contributed by atoms with Crippen LogP contribution in [0.15, 0.2) is 29.0 Å². The minimum atomic E-state index is 0.848. The number of nitrogens with zero attached hydrogens (tertiary/aromatic N) is 2. The van der Waals surface area contributed by atoms with E-state index < -0.39 is 0 Å². The van der Waals surface area contributed by atoms with E-state index in [1.807, 2.05) is 13.0 Å². The fraction of sp³-hybridized carbons (Fsp3) is 0.375. The molecule has 0 saturated carbocycles. The van der Waals surface area contributed by atoms with Crippen LogP contribution >= 0.6 is 15.9 Å². The first-order valence-corrected chi connectivity index (χ1v) is 8.05. The number of rotatable bonds is 6. The van der Waals surface area contributed by atoms with Crippen molar-refractivity contribution in [2.75, 3.05) is 17.2 Å². The largest absolute Gasteiger partial charge is 0.370 e. The lowest BCUT2D eigenvalue weighted by molar-refractivity contribution is 0.960. The van der Waals surface area contributed by atoms with E-state index in [2.05, 4.69) is 62.5 Å². The standard InChI is InChI=1S/C16H21BrN4/c1-4-8-18-15-11(3)16(20-10-19-15)21-14-7-6-13(17)9-12(14)5-2/h6-7,9-10H,4-5,8H2,1-3H3,(H2,18,19,20,21). The molecule has 4 nitrogen and oxygen atoms in total. The highest BCUT2D eigenvalue weighted by molar-refractivity contribution is 9.10. The summed E-state index contributed by atoms with van der Waals surface area (Å²) in [6.07, 6.45) is 3.63. The quantitative estimate of drug-likeness (QED) is 0.795. The Hall–Kier alpha value is -1.62. The van der Waals surface area contributed by atoms with Gasteiger partial charge < -0.3 is 10.6 Å². The van der Waals surface area contributed by atoms with Gasteiger partial charge in [-0.1, -0.05) is 29.8 Å². The number of nitrogens with one attached hydrogen (secondary N) is 2. The van der Waals surface area contributed by atoms with Gasteiger partial charge in [0.05, 0.1) is 0 Å². The van der Waals surface area contributed by atoms with Crippen LogP contribution < -0.4 is 10.6 Å².